The molecule has 0 atom stereocenters. The number of halogens is 1. The summed E-state index contributed by atoms with van der Waals surface area (Å²) in [6.45, 7) is 0. The topological polar surface area (TPSA) is 54.7 Å². The zero-order valence-electron chi connectivity index (χ0n) is 10.1. The van der Waals surface area contributed by atoms with Crippen LogP contribution < -0.4 is 5.73 Å². The van der Waals surface area contributed by atoms with Gasteiger partial charge in [-0.3, -0.25) is 0 Å². The molecule has 19 heavy (non-hydrogen) atoms. The largest absolute Gasteiger partial charge is 0.399 e. The van der Waals surface area contributed by atoms with Crippen LogP contribution in [0.25, 0.3) is 23.2 Å². The first kappa shape index (κ1) is 11.8. The van der Waals surface area contributed by atoms with Crippen molar-refractivity contribution in [2.24, 2.45) is 0 Å². The van der Waals surface area contributed by atoms with Crippen LogP contribution in [0.2, 0.25) is 5.02 Å². The lowest BCUT2D eigenvalue weighted by Gasteiger charge is -1.92. The van der Waals surface area contributed by atoms with Crippen LogP contribution in [0, 0.1) is 0 Å². The third kappa shape index (κ3) is 2.61. The average molecular weight is 270 g/mol. The summed E-state index contributed by atoms with van der Waals surface area (Å²) in [7, 11) is 0. The minimum Gasteiger partial charge on any atom is -0.399 e. The van der Waals surface area contributed by atoms with Gasteiger partial charge in [0.2, 0.25) is 0 Å². The summed E-state index contributed by atoms with van der Waals surface area (Å²) >= 11 is 5.84. The molecular formula is C15H12ClN3. The number of aromatic nitrogens is 2. The second-order valence-electron chi connectivity index (χ2n) is 4.28. The summed E-state index contributed by atoms with van der Waals surface area (Å²) < 4.78 is 0. The van der Waals surface area contributed by atoms with Gasteiger partial charge in [-0.2, -0.15) is 0 Å². The molecule has 0 aliphatic carbocycles. The molecule has 94 valence electrons. The van der Waals surface area contributed by atoms with Crippen molar-refractivity contribution >= 4 is 40.5 Å². The molecule has 0 spiro atoms. The smallest absolute Gasteiger partial charge is 0.131 e. The van der Waals surface area contributed by atoms with Gasteiger partial charge >= 0.3 is 0 Å². The number of hydrogen-bond donors (Lipinski definition) is 2. The van der Waals surface area contributed by atoms with Crippen molar-refractivity contribution in [1.82, 2.24) is 9.97 Å². The molecule has 4 heteroatoms. The van der Waals surface area contributed by atoms with E-state index >= 15 is 0 Å². The maximum atomic E-state index is 5.84. The van der Waals surface area contributed by atoms with Crippen molar-refractivity contribution in [2.45, 2.75) is 0 Å². The quantitative estimate of drug-likeness (QED) is 0.692. The second kappa shape index (κ2) is 4.78. The van der Waals surface area contributed by atoms with Gasteiger partial charge in [0.1, 0.15) is 5.82 Å². The van der Waals surface area contributed by atoms with Crippen molar-refractivity contribution < 1.29 is 0 Å². The van der Waals surface area contributed by atoms with Gasteiger partial charge in [-0.1, -0.05) is 29.8 Å². The van der Waals surface area contributed by atoms with Crippen LogP contribution in [0.4, 0.5) is 5.69 Å². The van der Waals surface area contributed by atoms with Gasteiger partial charge in [-0.25, -0.2) is 4.98 Å². The Hall–Kier alpha value is -2.26. The molecular weight excluding hydrogens is 258 g/mol. The zero-order valence-corrected chi connectivity index (χ0v) is 10.9. The van der Waals surface area contributed by atoms with Crippen LogP contribution in [-0.2, 0) is 0 Å². The van der Waals surface area contributed by atoms with E-state index in [2.05, 4.69) is 9.97 Å². The summed E-state index contributed by atoms with van der Waals surface area (Å²) in [5.74, 6) is 0.801. The molecule has 0 fully saturated rings. The van der Waals surface area contributed by atoms with Crippen molar-refractivity contribution in [1.29, 1.82) is 0 Å². The summed E-state index contributed by atoms with van der Waals surface area (Å²) in [6, 6.07) is 13.3. The average Bonchev–Trinajstić information content (AvgIpc) is 2.80. The molecule has 0 aliphatic rings. The maximum absolute atomic E-state index is 5.84. The van der Waals surface area contributed by atoms with Gasteiger partial charge < -0.3 is 10.7 Å². The van der Waals surface area contributed by atoms with Gasteiger partial charge in [0.25, 0.3) is 0 Å². The van der Waals surface area contributed by atoms with E-state index in [0.29, 0.717) is 0 Å². The molecule has 1 aromatic heterocycles. The molecule has 0 saturated heterocycles. The first-order valence-corrected chi connectivity index (χ1v) is 6.27. The van der Waals surface area contributed by atoms with Crippen LogP contribution in [-0.4, -0.2) is 9.97 Å². The van der Waals surface area contributed by atoms with Crippen LogP contribution in [0.1, 0.15) is 11.4 Å². The Morgan fingerprint density at radius 1 is 1.05 bits per heavy atom. The van der Waals surface area contributed by atoms with Crippen LogP contribution in [0.3, 0.4) is 0 Å². The lowest BCUT2D eigenvalue weighted by Crippen LogP contribution is -1.82. The van der Waals surface area contributed by atoms with E-state index in [0.717, 1.165) is 33.1 Å². The summed E-state index contributed by atoms with van der Waals surface area (Å²) in [4.78, 5) is 7.68. The molecule has 3 N–H and O–H groups in total. The Bertz CT molecular complexity index is 742. The fourth-order valence-electron chi connectivity index (χ4n) is 1.87. The molecule has 0 amide bonds. The number of nitrogens with two attached hydrogens (primary N) is 1. The van der Waals surface area contributed by atoms with E-state index in [1.165, 1.54) is 0 Å². The van der Waals surface area contributed by atoms with Gasteiger partial charge in [-0.05, 0) is 42.0 Å². The summed E-state index contributed by atoms with van der Waals surface area (Å²) in [5.41, 5.74) is 9.38. The number of fused-ring (bicyclic) bond motifs is 1. The Morgan fingerprint density at radius 2 is 1.84 bits per heavy atom. The van der Waals surface area contributed by atoms with E-state index in [4.69, 9.17) is 17.3 Å². The number of H-pyrrole nitrogens is 1. The Morgan fingerprint density at radius 3 is 2.63 bits per heavy atom. The van der Waals surface area contributed by atoms with Gasteiger partial charge in [0, 0.05) is 10.7 Å². The van der Waals surface area contributed by atoms with Crippen molar-refractivity contribution in [3.63, 3.8) is 0 Å². The maximum Gasteiger partial charge on any atom is 0.131 e. The number of anilines is 1. The molecule has 0 saturated carbocycles. The van der Waals surface area contributed by atoms with Gasteiger partial charge in [0.05, 0.1) is 11.0 Å². The highest BCUT2D eigenvalue weighted by Gasteiger charge is 1.99. The number of nitrogens with zero attached hydrogens (tertiary/aromatic N) is 1. The predicted molar refractivity (Wildman–Crippen MR) is 80.9 cm³/mol. The number of imidazole rings is 1. The van der Waals surface area contributed by atoms with Gasteiger partial charge in [0.15, 0.2) is 0 Å². The monoisotopic (exact) mass is 269 g/mol. The first-order chi connectivity index (χ1) is 9.20. The zero-order chi connectivity index (χ0) is 13.2. The van der Waals surface area contributed by atoms with E-state index < -0.39 is 0 Å². The standard InChI is InChI=1S/C15H12ClN3/c16-11-4-1-10(2-5-11)3-8-15-18-13-7-6-12(17)9-14(13)19-15/h1-9H,17H2,(H,18,19). The number of hydrogen-bond acceptors (Lipinski definition) is 2. The highest BCUT2D eigenvalue weighted by molar-refractivity contribution is 6.30. The van der Waals surface area contributed by atoms with Crippen LogP contribution in [0.5, 0.6) is 0 Å². The molecule has 0 radical (unpaired) electrons. The highest BCUT2D eigenvalue weighted by Crippen LogP contribution is 2.16. The fraction of sp³-hybridized carbons (Fsp3) is 0. The lowest BCUT2D eigenvalue weighted by molar-refractivity contribution is 1.29. The molecule has 1 heterocycles. The molecule has 3 aromatic rings. The molecule has 0 bridgehead atoms. The molecule has 3 nitrogen and oxygen atoms in total. The van der Waals surface area contributed by atoms with Crippen molar-refractivity contribution in [3.05, 3.63) is 58.9 Å². The number of nitrogen functional groups attached to an aromatic ring is 1. The highest BCUT2D eigenvalue weighted by atomic mass is 35.5. The van der Waals surface area contributed by atoms with E-state index in [9.17, 15) is 0 Å². The molecule has 0 aliphatic heterocycles. The third-order valence-electron chi connectivity index (χ3n) is 2.83. The summed E-state index contributed by atoms with van der Waals surface area (Å²) in [5, 5.41) is 0.733. The minimum atomic E-state index is 0.726. The number of aromatic amines is 1. The molecule has 3 rings (SSSR count). The minimum absolute atomic E-state index is 0.726. The van der Waals surface area contributed by atoms with E-state index in [1.54, 1.807) is 0 Å². The molecule has 0 unspecified atom stereocenters. The summed E-state index contributed by atoms with van der Waals surface area (Å²) in [6.07, 6.45) is 3.91. The van der Waals surface area contributed by atoms with Gasteiger partial charge in [-0.15, -0.1) is 0 Å². The predicted octanol–water partition coefficient (Wildman–Crippen LogP) is 3.97. The first-order valence-electron chi connectivity index (χ1n) is 5.89. The van der Waals surface area contributed by atoms with Crippen molar-refractivity contribution in [2.75, 3.05) is 5.73 Å². The normalized spacial score (nSPS) is 11.4. The van der Waals surface area contributed by atoms with Crippen LogP contribution >= 0.6 is 11.6 Å². The number of benzene rings is 2. The van der Waals surface area contributed by atoms with Crippen LogP contribution in [0.15, 0.2) is 42.5 Å². The SMILES string of the molecule is Nc1ccc2nc(C=Cc3ccc(Cl)cc3)[nH]c2c1. The molecule has 2 aromatic carbocycles. The Balaban J connectivity index is 1.90. The van der Waals surface area contributed by atoms with E-state index in [1.807, 2.05) is 54.6 Å². The van der Waals surface area contributed by atoms with Crippen molar-refractivity contribution in [3.8, 4) is 0 Å². The Labute approximate surface area is 115 Å². The van der Waals surface area contributed by atoms with E-state index in [-0.39, 0.29) is 0 Å². The number of rotatable bonds is 2. The second-order valence-corrected chi connectivity index (χ2v) is 4.72. The third-order valence-corrected chi connectivity index (χ3v) is 3.08. The fourth-order valence-corrected chi connectivity index (χ4v) is 2.00. The lowest BCUT2D eigenvalue weighted by atomic mass is 10.2. The number of nitrogens with one attached hydrogen (secondary N) is 1. The Kier molecular flexibility index (Phi) is 2.97.